The van der Waals surface area contributed by atoms with Crippen LogP contribution in [0.5, 0.6) is 0 Å². The van der Waals surface area contributed by atoms with Gasteiger partial charge in [0.2, 0.25) is 0 Å². The van der Waals surface area contributed by atoms with Gasteiger partial charge in [-0.05, 0) is 13.8 Å². The van der Waals surface area contributed by atoms with Crippen molar-refractivity contribution >= 4 is 23.5 Å². The largest absolute Gasteiger partial charge is 0.457 e. The molecule has 3 aliphatic carbocycles. The topological polar surface area (TPSA) is 52.6 Å². The van der Waals surface area contributed by atoms with Crippen LogP contribution in [0.4, 0.5) is 0 Å². The second-order valence-electron chi connectivity index (χ2n) is 6.88. The number of carbonyl (C=O) groups is 2. The third kappa shape index (κ3) is 1.81. The lowest BCUT2D eigenvalue weighted by Crippen LogP contribution is -2.65. The fourth-order valence-corrected chi connectivity index (χ4v) is 4.20. The van der Waals surface area contributed by atoms with Gasteiger partial charge in [0.05, 0.1) is 5.92 Å². The van der Waals surface area contributed by atoms with Crippen LogP contribution in [-0.2, 0) is 19.1 Å². The molecule has 0 radical (unpaired) electrons. The van der Waals surface area contributed by atoms with Crippen molar-refractivity contribution in [2.75, 3.05) is 0 Å². The van der Waals surface area contributed by atoms with Crippen molar-refractivity contribution in [3.8, 4) is 0 Å². The zero-order chi connectivity index (χ0) is 15.6. The van der Waals surface area contributed by atoms with Gasteiger partial charge in [0.1, 0.15) is 11.0 Å². The van der Waals surface area contributed by atoms with E-state index in [1.165, 1.54) is 6.08 Å². The van der Waals surface area contributed by atoms with Crippen molar-refractivity contribution in [3.05, 3.63) is 23.8 Å². The molecule has 4 bridgehead atoms. The molecular weight excluding hydrogens is 292 g/mol. The molecule has 5 atom stereocenters. The van der Waals surface area contributed by atoms with Gasteiger partial charge in [0.25, 0.3) is 0 Å². The first kappa shape index (κ1) is 14.6. The Hall–Kier alpha value is -1.29. The summed E-state index contributed by atoms with van der Waals surface area (Å²) in [6.45, 7) is 7.51. The summed E-state index contributed by atoms with van der Waals surface area (Å²) in [4.78, 5) is 23.2. The van der Waals surface area contributed by atoms with Crippen LogP contribution >= 0.6 is 11.6 Å². The van der Waals surface area contributed by atoms with Crippen LogP contribution in [0.2, 0.25) is 0 Å². The predicted molar refractivity (Wildman–Crippen MR) is 77.7 cm³/mol. The Morgan fingerprint density at radius 3 is 2.71 bits per heavy atom. The molecule has 1 heterocycles. The van der Waals surface area contributed by atoms with Crippen molar-refractivity contribution in [2.24, 2.45) is 17.3 Å². The molecule has 114 valence electrons. The highest BCUT2D eigenvalue weighted by atomic mass is 35.5. The van der Waals surface area contributed by atoms with Gasteiger partial charge in [0, 0.05) is 17.4 Å². The molecule has 0 spiro atoms. The van der Waals surface area contributed by atoms with E-state index >= 15 is 0 Å². The first-order valence-corrected chi connectivity index (χ1v) is 7.50. The average molecular weight is 311 g/mol. The molecule has 4 nitrogen and oxygen atoms in total. The number of esters is 2. The van der Waals surface area contributed by atoms with Gasteiger partial charge in [-0.1, -0.05) is 31.6 Å². The maximum atomic E-state index is 12.1. The van der Waals surface area contributed by atoms with E-state index in [1.54, 1.807) is 0 Å². The molecule has 0 amide bonds. The van der Waals surface area contributed by atoms with E-state index in [0.717, 1.165) is 5.57 Å². The molecule has 0 aromatic carbocycles. The predicted octanol–water partition coefficient (Wildman–Crippen LogP) is 2.61. The summed E-state index contributed by atoms with van der Waals surface area (Å²) >= 11 is 6.81. The van der Waals surface area contributed by atoms with E-state index in [4.69, 9.17) is 21.1 Å². The molecule has 21 heavy (non-hydrogen) atoms. The molecule has 2 fully saturated rings. The van der Waals surface area contributed by atoms with Crippen molar-refractivity contribution < 1.29 is 19.1 Å². The zero-order valence-corrected chi connectivity index (χ0v) is 13.3. The van der Waals surface area contributed by atoms with E-state index < -0.39 is 28.5 Å². The highest BCUT2D eigenvalue weighted by Gasteiger charge is 2.72. The molecule has 1 saturated carbocycles. The summed E-state index contributed by atoms with van der Waals surface area (Å²) in [5, 5.41) is 0. The number of ether oxygens (including phenoxy) is 2. The van der Waals surface area contributed by atoms with Crippen LogP contribution in [0.15, 0.2) is 23.8 Å². The summed E-state index contributed by atoms with van der Waals surface area (Å²) in [6.07, 6.45) is 4.09. The normalized spacial score (nSPS) is 41.7. The monoisotopic (exact) mass is 310 g/mol. The summed E-state index contributed by atoms with van der Waals surface area (Å²) < 4.78 is 11.0. The lowest BCUT2D eigenvalue weighted by atomic mass is 9.53. The summed E-state index contributed by atoms with van der Waals surface area (Å²) in [5.74, 6) is -1.04. The minimum Gasteiger partial charge on any atom is -0.457 e. The van der Waals surface area contributed by atoms with Crippen molar-refractivity contribution in [1.29, 1.82) is 0 Å². The van der Waals surface area contributed by atoms with Crippen LogP contribution in [0.25, 0.3) is 0 Å². The highest BCUT2D eigenvalue weighted by Crippen LogP contribution is 2.62. The van der Waals surface area contributed by atoms with Crippen molar-refractivity contribution in [2.45, 2.75) is 44.8 Å². The fourth-order valence-electron chi connectivity index (χ4n) is 3.85. The Morgan fingerprint density at radius 2 is 2.10 bits per heavy atom. The standard InChI is InChI=1S/C16H19ClO4/c1-8(2)7-10(18)20-13-12-9-5-6-16(13,17)15(3,4)11(9)14(19)21-12/h5-7,9,11-13H,1-4H3/t9-,11+,12+,13+,16+/m1/s1. The van der Waals surface area contributed by atoms with E-state index in [1.807, 2.05) is 39.8 Å². The third-order valence-corrected chi connectivity index (χ3v) is 5.79. The van der Waals surface area contributed by atoms with Crippen LogP contribution in [0, 0.1) is 17.3 Å². The number of rotatable bonds is 2. The lowest BCUT2D eigenvalue weighted by Gasteiger charge is -2.55. The first-order chi connectivity index (χ1) is 9.68. The molecule has 4 rings (SSSR count). The Kier molecular flexibility index (Phi) is 3.04. The molecule has 0 N–H and O–H groups in total. The van der Waals surface area contributed by atoms with Crippen molar-refractivity contribution in [3.63, 3.8) is 0 Å². The minimum absolute atomic E-state index is 0.0716. The number of hydrogen-bond donors (Lipinski definition) is 0. The first-order valence-electron chi connectivity index (χ1n) is 7.13. The molecule has 1 aliphatic heterocycles. The SMILES string of the molecule is CC(C)=CC(=O)O[C@H]1[C@H]2OC(=O)[C@@H]3[C@H]2C=C[C@@]1(Cl)C3(C)C. The molecular formula is C16H19ClO4. The molecule has 0 unspecified atom stereocenters. The Bertz CT molecular complexity index is 573. The maximum absolute atomic E-state index is 12.1. The van der Waals surface area contributed by atoms with E-state index in [2.05, 4.69) is 0 Å². The van der Waals surface area contributed by atoms with Gasteiger partial charge in [-0.2, -0.15) is 0 Å². The van der Waals surface area contributed by atoms with Gasteiger partial charge >= 0.3 is 11.9 Å². The molecule has 4 aliphatic rings. The Balaban J connectivity index is 1.99. The summed E-state index contributed by atoms with van der Waals surface area (Å²) in [7, 11) is 0. The molecule has 5 heteroatoms. The van der Waals surface area contributed by atoms with E-state index in [-0.39, 0.29) is 17.8 Å². The Labute approximate surface area is 129 Å². The van der Waals surface area contributed by atoms with Crippen LogP contribution < -0.4 is 0 Å². The van der Waals surface area contributed by atoms with Gasteiger partial charge in [-0.25, -0.2) is 4.79 Å². The number of carbonyl (C=O) groups excluding carboxylic acids is 2. The highest BCUT2D eigenvalue weighted by molar-refractivity contribution is 6.27. The summed E-state index contributed by atoms with van der Waals surface area (Å²) in [6, 6.07) is 0. The number of allylic oxidation sites excluding steroid dienone is 1. The van der Waals surface area contributed by atoms with Gasteiger partial charge < -0.3 is 9.47 Å². The lowest BCUT2D eigenvalue weighted by molar-refractivity contribution is -0.162. The molecule has 0 aromatic heterocycles. The number of alkyl halides is 1. The average Bonchev–Trinajstić information content (AvgIpc) is 2.66. The number of halogens is 1. The number of hydrogen-bond acceptors (Lipinski definition) is 4. The smallest absolute Gasteiger partial charge is 0.331 e. The molecule has 0 aromatic rings. The van der Waals surface area contributed by atoms with Crippen LogP contribution in [0.1, 0.15) is 27.7 Å². The summed E-state index contributed by atoms with van der Waals surface area (Å²) in [5.41, 5.74) is 0.314. The zero-order valence-electron chi connectivity index (χ0n) is 12.6. The maximum Gasteiger partial charge on any atom is 0.331 e. The van der Waals surface area contributed by atoms with E-state index in [9.17, 15) is 9.59 Å². The van der Waals surface area contributed by atoms with Gasteiger partial charge in [-0.15, -0.1) is 11.6 Å². The van der Waals surface area contributed by atoms with Gasteiger partial charge in [0.15, 0.2) is 6.10 Å². The second-order valence-corrected chi connectivity index (χ2v) is 7.51. The van der Waals surface area contributed by atoms with Crippen LogP contribution in [-0.4, -0.2) is 29.0 Å². The minimum atomic E-state index is -0.922. The Morgan fingerprint density at radius 1 is 1.43 bits per heavy atom. The second kappa shape index (κ2) is 4.35. The molecule has 1 saturated heterocycles. The van der Waals surface area contributed by atoms with E-state index in [0.29, 0.717) is 0 Å². The quantitative estimate of drug-likeness (QED) is 0.340. The van der Waals surface area contributed by atoms with Crippen LogP contribution in [0.3, 0.4) is 0 Å². The van der Waals surface area contributed by atoms with Gasteiger partial charge in [-0.3, -0.25) is 4.79 Å². The van der Waals surface area contributed by atoms with Crippen molar-refractivity contribution in [1.82, 2.24) is 0 Å². The fraction of sp³-hybridized carbons (Fsp3) is 0.625. The third-order valence-electron chi connectivity index (χ3n) is 4.96.